The molecule has 3 aliphatic rings. The average molecular weight is 281 g/mol. The van der Waals surface area contributed by atoms with Crippen molar-refractivity contribution in [3.8, 4) is 0 Å². The summed E-state index contributed by atoms with van der Waals surface area (Å²) >= 11 is 0. The van der Waals surface area contributed by atoms with E-state index in [4.69, 9.17) is 4.74 Å². The third kappa shape index (κ3) is 3.32. The Hall–Kier alpha value is -0.650. The van der Waals surface area contributed by atoms with Gasteiger partial charge in [0.15, 0.2) is 0 Å². The molecule has 114 valence electrons. The molecule has 0 saturated carbocycles. The topological polar surface area (TPSA) is 53.6 Å². The number of morpholine rings is 1. The van der Waals surface area contributed by atoms with Gasteiger partial charge in [-0.05, 0) is 32.7 Å². The van der Waals surface area contributed by atoms with Crippen LogP contribution >= 0.6 is 0 Å². The summed E-state index contributed by atoms with van der Waals surface area (Å²) in [6, 6.07) is 1.70. The zero-order chi connectivity index (χ0) is 13.9. The Morgan fingerprint density at radius 3 is 2.75 bits per heavy atom. The van der Waals surface area contributed by atoms with Gasteiger partial charge >= 0.3 is 0 Å². The molecule has 20 heavy (non-hydrogen) atoms. The molecule has 3 rings (SSSR count). The first-order chi connectivity index (χ1) is 9.72. The number of nitrogens with zero attached hydrogens (tertiary/aromatic N) is 1. The van der Waals surface area contributed by atoms with Gasteiger partial charge in [-0.1, -0.05) is 6.42 Å². The van der Waals surface area contributed by atoms with Crippen molar-refractivity contribution in [2.45, 2.75) is 62.8 Å². The molecule has 3 unspecified atom stereocenters. The van der Waals surface area contributed by atoms with Gasteiger partial charge in [0.1, 0.15) is 0 Å². The zero-order valence-corrected chi connectivity index (χ0v) is 12.4. The molecule has 3 saturated heterocycles. The monoisotopic (exact) mass is 281 g/mol. The highest BCUT2D eigenvalue weighted by Gasteiger charge is 2.36. The maximum absolute atomic E-state index is 12.1. The molecule has 2 bridgehead atoms. The van der Waals surface area contributed by atoms with Crippen LogP contribution in [0.3, 0.4) is 0 Å². The van der Waals surface area contributed by atoms with Crippen LogP contribution in [-0.4, -0.2) is 61.8 Å². The molecule has 0 aromatic rings. The summed E-state index contributed by atoms with van der Waals surface area (Å²) in [5.41, 5.74) is 0. The van der Waals surface area contributed by atoms with Gasteiger partial charge < -0.3 is 20.3 Å². The summed E-state index contributed by atoms with van der Waals surface area (Å²) in [4.78, 5) is 14.7. The highest BCUT2D eigenvalue weighted by Crippen LogP contribution is 2.32. The molecule has 5 heteroatoms. The Morgan fingerprint density at radius 2 is 2.10 bits per heavy atom. The number of nitrogens with one attached hydrogen (secondary N) is 2. The van der Waals surface area contributed by atoms with Crippen LogP contribution in [0.4, 0.5) is 0 Å². The predicted octanol–water partition coefficient (Wildman–Crippen LogP) is 0.496. The fourth-order valence-electron chi connectivity index (χ4n) is 3.98. The van der Waals surface area contributed by atoms with Crippen LogP contribution in [0.25, 0.3) is 0 Å². The normalized spacial score (nSPS) is 38.5. The van der Waals surface area contributed by atoms with Crippen LogP contribution < -0.4 is 10.6 Å². The van der Waals surface area contributed by atoms with Crippen LogP contribution in [0.15, 0.2) is 0 Å². The summed E-state index contributed by atoms with van der Waals surface area (Å²) in [5, 5.41) is 6.51. The van der Waals surface area contributed by atoms with Crippen molar-refractivity contribution in [2.24, 2.45) is 0 Å². The molecule has 3 atom stereocenters. The number of fused-ring (bicyclic) bond motifs is 2. The van der Waals surface area contributed by atoms with E-state index in [0.717, 1.165) is 32.5 Å². The van der Waals surface area contributed by atoms with Crippen LogP contribution in [-0.2, 0) is 9.53 Å². The quantitative estimate of drug-likeness (QED) is 0.791. The molecule has 2 N–H and O–H groups in total. The lowest BCUT2D eigenvalue weighted by Gasteiger charge is -2.47. The minimum absolute atomic E-state index is 0.0505. The first-order valence-electron chi connectivity index (χ1n) is 8.06. The van der Waals surface area contributed by atoms with E-state index in [9.17, 15) is 4.79 Å². The van der Waals surface area contributed by atoms with Gasteiger partial charge in [-0.2, -0.15) is 0 Å². The van der Waals surface area contributed by atoms with E-state index in [1.807, 2.05) is 0 Å². The molecule has 3 fully saturated rings. The molecule has 0 spiro atoms. The number of ether oxygens (including phenoxy) is 1. The van der Waals surface area contributed by atoms with Gasteiger partial charge in [-0.15, -0.1) is 0 Å². The van der Waals surface area contributed by atoms with E-state index in [2.05, 4.69) is 22.6 Å². The number of piperidine rings is 2. The van der Waals surface area contributed by atoms with Gasteiger partial charge in [0.05, 0.1) is 19.1 Å². The molecular formula is C15H27N3O2. The van der Waals surface area contributed by atoms with Crippen molar-refractivity contribution in [1.82, 2.24) is 15.5 Å². The van der Waals surface area contributed by atoms with E-state index in [-0.39, 0.29) is 12.0 Å². The van der Waals surface area contributed by atoms with E-state index in [1.165, 1.54) is 19.3 Å². The Labute approximate surface area is 121 Å². The number of amides is 1. The number of carbonyl (C=O) groups is 1. The van der Waals surface area contributed by atoms with Crippen molar-refractivity contribution in [1.29, 1.82) is 0 Å². The Balaban J connectivity index is 1.46. The number of rotatable bonds is 3. The summed E-state index contributed by atoms with van der Waals surface area (Å²) in [7, 11) is 2.24. The molecule has 0 radical (unpaired) electrons. The summed E-state index contributed by atoms with van der Waals surface area (Å²) < 4.78 is 5.60. The maximum atomic E-state index is 12.1. The Kier molecular flexibility index (Phi) is 4.58. The van der Waals surface area contributed by atoms with E-state index >= 15 is 0 Å². The van der Waals surface area contributed by atoms with E-state index in [0.29, 0.717) is 24.5 Å². The molecule has 0 aromatic carbocycles. The van der Waals surface area contributed by atoms with Crippen molar-refractivity contribution >= 4 is 5.91 Å². The highest BCUT2D eigenvalue weighted by molar-refractivity contribution is 5.76. The summed E-state index contributed by atoms with van der Waals surface area (Å²) in [5.74, 6) is 0.159. The van der Waals surface area contributed by atoms with Crippen molar-refractivity contribution in [2.75, 3.05) is 26.7 Å². The van der Waals surface area contributed by atoms with Crippen molar-refractivity contribution < 1.29 is 9.53 Å². The summed E-state index contributed by atoms with van der Waals surface area (Å²) in [6.45, 7) is 2.42. The first kappa shape index (κ1) is 14.3. The van der Waals surface area contributed by atoms with Gasteiger partial charge in [-0.25, -0.2) is 0 Å². The molecule has 0 aromatic heterocycles. The lowest BCUT2D eigenvalue weighted by Crippen LogP contribution is -2.55. The number of hydrogen-bond donors (Lipinski definition) is 2. The second-order valence-corrected chi connectivity index (χ2v) is 6.54. The van der Waals surface area contributed by atoms with E-state index in [1.54, 1.807) is 0 Å². The number of hydrogen-bond acceptors (Lipinski definition) is 4. The van der Waals surface area contributed by atoms with Crippen LogP contribution in [0.1, 0.15) is 38.5 Å². The molecule has 3 heterocycles. The minimum atomic E-state index is 0.0505. The predicted molar refractivity (Wildman–Crippen MR) is 77.6 cm³/mol. The largest absolute Gasteiger partial charge is 0.375 e. The fourth-order valence-corrected chi connectivity index (χ4v) is 3.98. The standard InChI is InChI=1S/C15H27N3O2/c1-18-12-3-2-4-13(18)8-11(7-12)17-15(19)9-14-10-16-5-6-20-14/h11-14,16H,2-10H2,1H3,(H,17,19). The van der Waals surface area contributed by atoms with Crippen LogP contribution in [0.2, 0.25) is 0 Å². The molecule has 1 amide bonds. The van der Waals surface area contributed by atoms with Gasteiger partial charge in [0, 0.05) is 31.2 Å². The summed E-state index contributed by atoms with van der Waals surface area (Å²) in [6.07, 6.45) is 6.69. The lowest BCUT2D eigenvalue weighted by molar-refractivity contribution is -0.126. The van der Waals surface area contributed by atoms with Crippen LogP contribution in [0.5, 0.6) is 0 Å². The molecule has 3 aliphatic heterocycles. The van der Waals surface area contributed by atoms with Crippen molar-refractivity contribution in [3.05, 3.63) is 0 Å². The lowest BCUT2D eigenvalue weighted by atomic mass is 9.82. The minimum Gasteiger partial charge on any atom is -0.375 e. The Morgan fingerprint density at radius 1 is 1.35 bits per heavy atom. The van der Waals surface area contributed by atoms with Gasteiger partial charge in [0.2, 0.25) is 5.91 Å². The van der Waals surface area contributed by atoms with E-state index < -0.39 is 0 Å². The average Bonchev–Trinajstić information content (AvgIpc) is 2.41. The molecule has 5 nitrogen and oxygen atoms in total. The zero-order valence-electron chi connectivity index (χ0n) is 12.4. The highest BCUT2D eigenvalue weighted by atomic mass is 16.5. The second-order valence-electron chi connectivity index (χ2n) is 6.54. The SMILES string of the molecule is CN1C2CCCC1CC(NC(=O)CC1CNCCO1)C2. The second kappa shape index (κ2) is 6.41. The molecular weight excluding hydrogens is 254 g/mol. The third-order valence-electron chi connectivity index (χ3n) is 5.12. The third-order valence-corrected chi connectivity index (χ3v) is 5.12. The maximum Gasteiger partial charge on any atom is 0.222 e. The van der Waals surface area contributed by atoms with Crippen LogP contribution in [0, 0.1) is 0 Å². The Bertz CT molecular complexity index is 330. The van der Waals surface area contributed by atoms with Gasteiger partial charge in [-0.3, -0.25) is 4.79 Å². The number of carbonyl (C=O) groups excluding carboxylic acids is 1. The first-order valence-corrected chi connectivity index (χ1v) is 8.06. The van der Waals surface area contributed by atoms with Crippen molar-refractivity contribution in [3.63, 3.8) is 0 Å². The van der Waals surface area contributed by atoms with Gasteiger partial charge in [0.25, 0.3) is 0 Å². The smallest absolute Gasteiger partial charge is 0.222 e. The molecule has 0 aliphatic carbocycles. The fraction of sp³-hybridized carbons (Fsp3) is 0.933.